The van der Waals surface area contributed by atoms with Gasteiger partial charge >= 0.3 is 0 Å². The number of pyridine rings is 1. The SMILES string of the molecule is c1cc(CC[NH+]2CCCCC2)ccn1. The molecule has 0 amide bonds. The highest BCUT2D eigenvalue weighted by Gasteiger charge is 2.12. The third-order valence-corrected chi connectivity index (χ3v) is 3.08. The van der Waals surface area contributed by atoms with Crippen LogP contribution in [0.2, 0.25) is 0 Å². The second kappa shape index (κ2) is 5.11. The molecule has 76 valence electrons. The van der Waals surface area contributed by atoms with Crippen LogP contribution in [-0.2, 0) is 6.42 Å². The second-order valence-corrected chi connectivity index (χ2v) is 4.17. The summed E-state index contributed by atoms with van der Waals surface area (Å²) in [5.74, 6) is 0. The molecule has 0 aromatic carbocycles. The van der Waals surface area contributed by atoms with Gasteiger partial charge in [0.1, 0.15) is 0 Å². The van der Waals surface area contributed by atoms with E-state index in [-0.39, 0.29) is 0 Å². The molecular formula is C12H19N2+. The predicted molar refractivity (Wildman–Crippen MR) is 57.4 cm³/mol. The van der Waals surface area contributed by atoms with Gasteiger partial charge in [-0.2, -0.15) is 0 Å². The standard InChI is InChI=1S/C12H18N2/c1-2-9-14(10-3-1)11-6-12-4-7-13-8-5-12/h4-5,7-8H,1-3,6,9-11H2/p+1. The molecule has 1 aromatic heterocycles. The highest BCUT2D eigenvalue weighted by Crippen LogP contribution is 1.97. The maximum atomic E-state index is 4.03. The van der Waals surface area contributed by atoms with Crippen LogP contribution in [0.1, 0.15) is 24.8 Å². The fourth-order valence-electron chi connectivity index (χ4n) is 2.17. The molecule has 1 aliphatic heterocycles. The summed E-state index contributed by atoms with van der Waals surface area (Å²) in [5, 5.41) is 0. The summed E-state index contributed by atoms with van der Waals surface area (Å²) in [6.07, 6.45) is 9.27. The van der Waals surface area contributed by atoms with Crippen molar-refractivity contribution in [3.05, 3.63) is 30.1 Å². The molecule has 1 aromatic rings. The smallest absolute Gasteiger partial charge is 0.0811 e. The van der Waals surface area contributed by atoms with Gasteiger partial charge in [0.05, 0.1) is 19.6 Å². The fourth-order valence-corrected chi connectivity index (χ4v) is 2.17. The van der Waals surface area contributed by atoms with E-state index in [9.17, 15) is 0 Å². The van der Waals surface area contributed by atoms with Crippen LogP contribution < -0.4 is 4.90 Å². The maximum Gasteiger partial charge on any atom is 0.0811 e. The number of piperidine rings is 1. The van der Waals surface area contributed by atoms with E-state index in [0.717, 1.165) is 0 Å². The Hall–Kier alpha value is -0.890. The van der Waals surface area contributed by atoms with E-state index >= 15 is 0 Å². The van der Waals surface area contributed by atoms with E-state index in [1.54, 1.807) is 4.90 Å². The summed E-state index contributed by atoms with van der Waals surface area (Å²) >= 11 is 0. The normalized spacial score (nSPS) is 18.3. The first-order chi connectivity index (χ1) is 6.95. The van der Waals surface area contributed by atoms with Gasteiger partial charge in [0.25, 0.3) is 0 Å². The number of aromatic nitrogens is 1. The number of hydrogen-bond acceptors (Lipinski definition) is 1. The molecule has 0 unspecified atom stereocenters. The Morgan fingerprint density at radius 2 is 1.79 bits per heavy atom. The average molecular weight is 191 g/mol. The summed E-state index contributed by atoms with van der Waals surface area (Å²) < 4.78 is 0. The molecule has 0 radical (unpaired) electrons. The van der Waals surface area contributed by atoms with Crippen LogP contribution in [-0.4, -0.2) is 24.6 Å². The van der Waals surface area contributed by atoms with Crippen LogP contribution in [0.3, 0.4) is 0 Å². The van der Waals surface area contributed by atoms with Gasteiger partial charge in [-0.25, -0.2) is 0 Å². The first kappa shape index (κ1) is 9.66. The Morgan fingerprint density at radius 3 is 2.50 bits per heavy atom. The van der Waals surface area contributed by atoms with Gasteiger partial charge in [0.2, 0.25) is 0 Å². The van der Waals surface area contributed by atoms with Crippen molar-refractivity contribution in [1.29, 1.82) is 0 Å². The van der Waals surface area contributed by atoms with Crippen LogP contribution in [0.4, 0.5) is 0 Å². The molecule has 1 N–H and O–H groups in total. The number of rotatable bonds is 3. The largest absolute Gasteiger partial charge is 0.335 e. The second-order valence-electron chi connectivity index (χ2n) is 4.17. The van der Waals surface area contributed by atoms with Gasteiger partial charge < -0.3 is 4.90 Å². The zero-order valence-electron chi connectivity index (χ0n) is 8.71. The molecule has 0 saturated carbocycles. The van der Waals surface area contributed by atoms with Crippen LogP contribution in [0, 0.1) is 0 Å². The molecule has 1 saturated heterocycles. The highest BCUT2D eigenvalue weighted by molar-refractivity contribution is 5.09. The van der Waals surface area contributed by atoms with Crippen molar-refractivity contribution in [1.82, 2.24) is 4.98 Å². The molecule has 2 heteroatoms. The molecule has 1 aliphatic rings. The van der Waals surface area contributed by atoms with E-state index in [4.69, 9.17) is 0 Å². The van der Waals surface area contributed by atoms with Gasteiger partial charge in [-0.3, -0.25) is 4.98 Å². The minimum atomic E-state index is 1.21. The van der Waals surface area contributed by atoms with Crippen molar-refractivity contribution in [3.8, 4) is 0 Å². The zero-order chi connectivity index (χ0) is 9.64. The third kappa shape index (κ3) is 2.81. The van der Waals surface area contributed by atoms with E-state index in [1.165, 1.54) is 50.9 Å². The summed E-state index contributed by atoms with van der Waals surface area (Å²) in [7, 11) is 0. The Morgan fingerprint density at radius 1 is 1.07 bits per heavy atom. The van der Waals surface area contributed by atoms with Gasteiger partial charge in [0.15, 0.2) is 0 Å². The topological polar surface area (TPSA) is 17.3 Å². The molecule has 0 aliphatic carbocycles. The summed E-state index contributed by atoms with van der Waals surface area (Å²) in [6.45, 7) is 4.06. The number of quaternary nitrogens is 1. The van der Waals surface area contributed by atoms with Gasteiger partial charge in [-0.15, -0.1) is 0 Å². The van der Waals surface area contributed by atoms with Crippen LogP contribution in [0.5, 0.6) is 0 Å². The molecular weight excluding hydrogens is 172 g/mol. The van der Waals surface area contributed by atoms with Crippen molar-refractivity contribution in [3.63, 3.8) is 0 Å². The Kier molecular flexibility index (Phi) is 3.52. The molecule has 14 heavy (non-hydrogen) atoms. The zero-order valence-corrected chi connectivity index (χ0v) is 8.71. The number of hydrogen-bond donors (Lipinski definition) is 1. The number of likely N-dealkylation sites (tertiary alicyclic amines) is 1. The van der Waals surface area contributed by atoms with E-state index in [1.807, 2.05) is 12.4 Å². The van der Waals surface area contributed by atoms with Crippen molar-refractivity contribution in [2.45, 2.75) is 25.7 Å². The van der Waals surface area contributed by atoms with Crippen molar-refractivity contribution < 1.29 is 4.90 Å². The molecule has 0 bridgehead atoms. The van der Waals surface area contributed by atoms with E-state index in [2.05, 4.69) is 17.1 Å². The monoisotopic (exact) mass is 191 g/mol. The summed E-state index contributed by atoms with van der Waals surface area (Å²) in [5.41, 5.74) is 1.43. The fraction of sp³-hybridized carbons (Fsp3) is 0.583. The lowest BCUT2D eigenvalue weighted by atomic mass is 10.1. The Labute approximate surface area is 86.0 Å². The number of nitrogens with one attached hydrogen (secondary N) is 1. The predicted octanol–water partition coefficient (Wildman–Crippen LogP) is 0.693. The van der Waals surface area contributed by atoms with Crippen LogP contribution in [0.25, 0.3) is 0 Å². The van der Waals surface area contributed by atoms with Gasteiger partial charge in [0, 0.05) is 18.8 Å². The molecule has 1 fully saturated rings. The van der Waals surface area contributed by atoms with E-state index < -0.39 is 0 Å². The highest BCUT2D eigenvalue weighted by atomic mass is 15.1. The first-order valence-electron chi connectivity index (χ1n) is 5.67. The number of nitrogens with zero attached hydrogens (tertiary/aromatic N) is 1. The lowest BCUT2D eigenvalue weighted by Crippen LogP contribution is -3.13. The van der Waals surface area contributed by atoms with Gasteiger partial charge in [-0.05, 0) is 37.0 Å². The molecule has 0 atom stereocenters. The molecule has 2 nitrogen and oxygen atoms in total. The van der Waals surface area contributed by atoms with Crippen molar-refractivity contribution in [2.24, 2.45) is 0 Å². The summed E-state index contributed by atoms with van der Waals surface area (Å²) in [4.78, 5) is 5.82. The van der Waals surface area contributed by atoms with Crippen LogP contribution in [0.15, 0.2) is 24.5 Å². The lowest BCUT2D eigenvalue weighted by Gasteiger charge is -2.23. The Bertz CT molecular complexity index is 252. The maximum absolute atomic E-state index is 4.03. The first-order valence-corrected chi connectivity index (χ1v) is 5.67. The third-order valence-electron chi connectivity index (χ3n) is 3.08. The van der Waals surface area contributed by atoms with Crippen LogP contribution >= 0.6 is 0 Å². The molecule has 2 heterocycles. The van der Waals surface area contributed by atoms with Gasteiger partial charge in [-0.1, -0.05) is 0 Å². The van der Waals surface area contributed by atoms with Crippen molar-refractivity contribution >= 4 is 0 Å². The molecule has 2 rings (SSSR count). The van der Waals surface area contributed by atoms with Crippen molar-refractivity contribution in [2.75, 3.05) is 19.6 Å². The van der Waals surface area contributed by atoms with E-state index in [0.29, 0.717) is 0 Å². The Balaban J connectivity index is 1.76. The minimum absolute atomic E-state index is 1.21. The quantitative estimate of drug-likeness (QED) is 0.744. The summed E-state index contributed by atoms with van der Waals surface area (Å²) in [6, 6.07) is 4.26. The minimum Gasteiger partial charge on any atom is -0.335 e. The lowest BCUT2D eigenvalue weighted by molar-refractivity contribution is -0.904. The average Bonchev–Trinajstić information content (AvgIpc) is 2.29. The molecule has 0 spiro atoms.